The van der Waals surface area contributed by atoms with Crippen molar-refractivity contribution in [3.05, 3.63) is 71.3 Å². The lowest BCUT2D eigenvalue weighted by Gasteiger charge is -2.29. The number of carbonyl (C=O) groups excluding carboxylic acids is 3. The number of rotatable bonds is 10. The molecule has 222 valence electrons. The van der Waals surface area contributed by atoms with Gasteiger partial charge in [-0.05, 0) is 62.6 Å². The monoisotopic (exact) mass is 560 g/mol. The number of amides is 4. The Labute approximate surface area is 246 Å². The first-order valence-electron chi connectivity index (χ1n) is 15.0. The molecule has 1 fully saturated rings. The van der Waals surface area contributed by atoms with Crippen molar-refractivity contribution in [2.75, 3.05) is 13.1 Å². The van der Waals surface area contributed by atoms with Crippen LogP contribution in [0.25, 0.3) is 12.2 Å². The largest absolute Gasteiger partial charge is 0.350 e. The summed E-state index contributed by atoms with van der Waals surface area (Å²) in [5.74, 6) is -0.395. The number of nitrogens with one attached hydrogen (secondary N) is 3. The number of urea groups is 1. The molecule has 1 aliphatic heterocycles. The molecule has 1 saturated heterocycles. The van der Waals surface area contributed by atoms with Gasteiger partial charge in [-0.25, -0.2) is 4.79 Å². The van der Waals surface area contributed by atoms with Crippen molar-refractivity contribution in [2.24, 2.45) is 5.92 Å². The van der Waals surface area contributed by atoms with Gasteiger partial charge in [-0.2, -0.15) is 0 Å². The highest BCUT2D eigenvalue weighted by Crippen LogP contribution is 2.14. The van der Waals surface area contributed by atoms with Crippen LogP contribution < -0.4 is 16.0 Å². The van der Waals surface area contributed by atoms with E-state index >= 15 is 0 Å². The summed E-state index contributed by atoms with van der Waals surface area (Å²) in [6.07, 6.45) is 9.13. The van der Waals surface area contributed by atoms with Crippen molar-refractivity contribution >= 4 is 30.0 Å². The van der Waals surface area contributed by atoms with Crippen LogP contribution in [0.15, 0.2) is 54.6 Å². The van der Waals surface area contributed by atoms with Crippen LogP contribution in [0.1, 0.15) is 83.4 Å². The first-order chi connectivity index (χ1) is 19.5. The topological polar surface area (TPSA) is 90.5 Å². The summed E-state index contributed by atoms with van der Waals surface area (Å²) in [5, 5.41) is 8.96. The van der Waals surface area contributed by atoms with Crippen LogP contribution in [0, 0.1) is 5.92 Å². The van der Waals surface area contributed by atoms with Crippen molar-refractivity contribution in [3.63, 3.8) is 0 Å². The number of hydrogen-bond donors (Lipinski definition) is 3. The summed E-state index contributed by atoms with van der Waals surface area (Å²) in [6.45, 7) is 11.2. The van der Waals surface area contributed by atoms with Gasteiger partial charge in [-0.15, -0.1) is 0 Å². The lowest BCUT2D eigenvalue weighted by Crippen LogP contribution is -2.58. The van der Waals surface area contributed by atoms with Gasteiger partial charge in [0, 0.05) is 25.0 Å². The third-order valence-electron chi connectivity index (χ3n) is 7.03. The Balaban J connectivity index is 1.73. The van der Waals surface area contributed by atoms with Gasteiger partial charge >= 0.3 is 6.03 Å². The maximum atomic E-state index is 13.6. The first-order valence-corrected chi connectivity index (χ1v) is 15.0. The van der Waals surface area contributed by atoms with E-state index in [1.165, 1.54) is 0 Å². The average Bonchev–Trinajstić information content (AvgIpc) is 3.21. The summed E-state index contributed by atoms with van der Waals surface area (Å²) >= 11 is 0. The summed E-state index contributed by atoms with van der Waals surface area (Å²) in [6, 6.07) is 16.4. The number of nitrogens with zero attached hydrogens (tertiary/aromatic N) is 1. The molecular weight excluding hydrogens is 512 g/mol. The maximum absolute atomic E-state index is 13.6. The summed E-state index contributed by atoms with van der Waals surface area (Å²) in [7, 11) is 0. The van der Waals surface area contributed by atoms with Gasteiger partial charge < -0.3 is 20.9 Å². The second-order valence-electron chi connectivity index (χ2n) is 12.5. The van der Waals surface area contributed by atoms with Crippen molar-refractivity contribution in [2.45, 2.75) is 90.8 Å². The van der Waals surface area contributed by atoms with E-state index in [1.807, 2.05) is 88.1 Å². The highest BCUT2D eigenvalue weighted by Gasteiger charge is 2.30. The standard InChI is InChI=1S/C34H48N4O3/c1-25(2)23-29(36-33(41)38-21-11-6-7-12-22-38)31(39)35-30(32(40)37-34(3,4)5)24-28-19-17-27(18-20-28)16-15-26-13-9-8-10-14-26/h8-10,13-20,25,29-30H,6-7,11-12,21-24H2,1-5H3,(H,35,39)(H,36,41)(H,37,40)/t29-,30-/m0/s1. The van der Waals surface area contributed by atoms with Gasteiger partial charge in [-0.1, -0.05) is 93.4 Å². The van der Waals surface area contributed by atoms with Gasteiger partial charge in [0.2, 0.25) is 11.8 Å². The van der Waals surface area contributed by atoms with Crippen LogP contribution in [0.4, 0.5) is 4.79 Å². The lowest BCUT2D eigenvalue weighted by molar-refractivity contribution is -0.130. The number of hydrogen-bond acceptors (Lipinski definition) is 3. The van der Waals surface area contributed by atoms with E-state index in [4.69, 9.17) is 0 Å². The molecule has 4 amide bonds. The lowest BCUT2D eigenvalue weighted by atomic mass is 9.99. The average molecular weight is 561 g/mol. The summed E-state index contributed by atoms with van der Waals surface area (Å²) in [5.41, 5.74) is 2.65. The maximum Gasteiger partial charge on any atom is 0.318 e. The molecule has 0 radical (unpaired) electrons. The second-order valence-corrected chi connectivity index (χ2v) is 12.5. The van der Waals surface area contributed by atoms with Crippen LogP contribution in [0.5, 0.6) is 0 Å². The fraction of sp³-hybridized carbons (Fsp3) is 0.500. The molecule has 0 aliphatic carbocycles. The zero-order valence-electron chi connectivity index (χ0n) is 25.4. The minimum atomic E-state index is -0.780. The van der Waals surface area contributed by atoms with Crippen molar-refractivity contribution in [3.8, 4) is 0 Å². The molecule has 1 aliphatic rings. The predicted octanol–water partition coefficient (Wildman–Crippen LogP) is 5.80. The molecular formula is C34H48N4O3. The molecule has 0 unspecified atom stereocenters. The highest BCUT2D eigenvalue weighted by molar-refractivity contribution is 5.92. The van der Waals surface area contributed by atoms with E-state index in [1.54, 1.807) is 0 Å². The van der Waals surface area contributed by atoms with Crippen LogP contribution in [-0.2, 0) is 16.0 Å². The summed E-state index contributed by atoms with van der Waals surface area (Å²) < 4.78 is 0. The van der Waals surface area contributed by atoms with E-state index in [-0.39, 0.29) is 23.8 Å². The third kappa shape index (κ3) is 11.4. The third-order valence-corrected chi connectivity index (χ3v) is 7.03. The fourth-order valence-corrected chi connectivity index (χ4v) is 4.91. The van der Waals surface area contributed by atoms with E-state index in [0.29, 0.717) is 25.9 Å². The quantitative estimate of drug-likeness (QED) is 0.321. The van der Waals surface area contributed by atoms with Crippen LogP contribution in [0.2, 0.25) is 0 Å². The molecule has 3 N–H and O–H groups in total. The molecule has 7 nitrogen and oxygen atoms in total. The smallest absolute Gasteiger partial charge is 0.318 e. The van der Waals surface area contributed by atoms with Crippen LogP contribution in [0.3, 0.4) is 0 Å². The highest BCUT2D eigenvalue weighted by atomic mass is 16.2. The van der Waals surface area contributed by atoms with Crippen molar-refractivity contribution in [1.29, 1.82) is 0 Å². The SMILES string of the molecule is CC(C)C[C@H](NC(=O)N1CCCCCC1)C(=O)N[C@@H](Cc1ccc(C=Cc2ccccc2)cc1)C(=O)NC(C)(C)C. The van der Waals surface area contributed by atoms with E-state index in [9.17, 15) is 14.4 Å². The van der Waals surface area contributed by atoms with E-state index in [2.05, 4.69) is 34.2 Å². The van der Waals surface area contributed by atoms with Gasteiger partial charge in [-0.3, -0.25) is 9.59 Å². The Hall–Kier alpha value is -3.61. The van der Waals surface area contributed by atoms with E-state index in [0.717, 1.165) is 42.4 Å². The zero-order valence-corrected chi connectivity index (χ0v) is 25.4. The fourth-order valence-electron chi connectivity index (χ4n) is 4.91. The zero-order chi connectivity index (χ0) is 29.8. The molecule has 2 aromatic carbocycles. The normalized spacial score (nSPS) is 15.7. The van der Waals surface area contributed by atoms with Crippen molar-refractivity contribution in [1.82, 2.24) is 20.9 Å². The minimum Gasteiger partial charge on any atom is -0.350 e. The second kappa shape index (κ2) is 15.4. The Morgan fingerprint density at radius 2 is 1.37 bits per heavy atom. The van der Waals surface area contributed by atoms with Crippen LogP contribution >= 0.6 is 0 Å². The van der Waals surface area contributed by atoms with Gasteiger partial charge in [0.05, 0.1) is 0 Å². The Morgan fingerprint density at radius 3 is 1.93 bits per heavy atom. The number of likely N-dealkylation sites (tertiary alicyclic amines) is 1. The molecule has 2 aromatic rings. The molecule has 0 aromatic heterocycles. The number of benzene rings is 2. The summed E-state index contributed by atoms with van der Waals surface area (Å²) in [4.78, 5) is 41.8. The van der Waals surface area contributed by atoms with Gasteiger partial charge in [0.25, 0.3) is 0 Å². The molecule has 3 rings (SSSR count). The Bertz CT molecular complexity index is 1140. The van der Waals surface area contributed by atoms with Crippen molar-refractivity contribution < 1.29 is 14.4 Å². The Morgan fingerprint density at radius 1 is 0.780 bits per heavy atom. The molecule has 1 heterocycles. The minimum absolute atomic E-state index is 0.188. The van der Waals surface area contributed by atoms with Gasteiger partial charge in [0.1, 0.15) is 12.1 Å². The number of carbonyl (C=O) groups is 3. The molecule has 41 heavy (non-hydrogen) atoms. The van der Waals surface area contributed by atoms with Gasteiger partial charge in [0.15, 0.2) is 0 Å². The molecule has 2 atom stereocenters. The molecule has 0 saturated carbocycles. The molecule has 0 spiro atoms. The van der Waals surface area contributed by atoms with Crippen LogP contribution in [-0.4, -0.2) is 53.5 Å². The molecule has 0 bridgehead atoms. The predicted molar refractivity (Wildman–Crippen MR) is 167 cm³/mol. The molecule has 7 heteroatoms. The first kappa shape index (κ1) is 31.9. The Kier molecular flexibility index (Phi) is 12.0. The van der Waals surface area contributed by atoms with E-state index < -0.39 is 17.6 Å².